The van der Waals surface area contributed by atoms with Crippen molar-refractivity contribution in [3.63, 3.8) is 0 Å². The van der Waals surface area contributed by atoms with E-state index in [2.05, 4.69) is 37.6 Å². The van der Waals surface area contributed by atoms with Gasteiger partial charge in [-0.25, -0.2) is 24.0 Å². The predicted octanol–water partition coefficient (Wildman–Crippen LogP) is 4.30. The molecule has 13 heteroatoms. The molecule has 12 nitrogen and oxygen atoms in total. The number of rotatable bonds is 3. The molecule has 0 aliphatic carbocycles. The van der Waals surface area contributed by atoms with Crippen LogP contribution < -0.4 is 15.0 Å². The number of methoxy groups -OCH3 is 1. The van der Waals surface area contributed by atoms with Crippen molar-refractivity contribution >= 4 is 39.5 Å². The van der Waals surface area contributed by atoms with Crippen molar-refractivity contribution in [3.05, 3.63) is 79.1 Å². The molecule has 1 amide bonds. The molecule has 8 rings (SSSR count). The molecule has 232 valence electrons. The molecule has 2 aromatic carbocycles. The summed E-state index contributed by atoms with van der Waals surface area (Å²) < 4.78 is 23.0. The lowest BCUT2D eigenvalue weighted by molar-refractivity contribution is -0.131. The summed E-state index contributed by atoms with van der Waals surface area (Å²) in [6.07, 6.45) is 6.32. The Hall–Kier alpha value is -5.59. The average molecular weight is 619 g/mol. The zero-order valence-corrected chi connectivity index (χ0v) is 25.3. The van der Waals surface area contributed by atoms with E-state index in [9.17, 15) is 9.18 Å². The van der Waals surface area contributed by atoms with Crippen LogP contribution in [-0.4, -0.2) is 84.7 Å². The fourth-order valence-electron chi connectivity index (χ4n) is 6.69. The van der Waals surface area contributed by atoms with Crippen molar-refractivity contribution in [1.29, 1.82) is 0 Å². The molecule has 0 unspecified atom stereocenters. The van der Waals surface area contributed by atoms with Crippen molar-refractivity contribution in [2.75, 3.05) is 37.5 Å². The van der Waals surface area contributed by atoms with E-state index in [1.807, 2.05) is 47.1 Å². The number of aryl methyl sites for hydroxylation is 1. The third-order valence-electron chi connectivity index (χ3n) is 8.85. The van der Waals surface area contributed by atoms with Gasteiger partial charge in [-0.2, -0.15) is 10.2 Å². The van der Waals surface area contributed by atoms with Gasteiger partial charge in [0, 0.05) is 49.7 Å². The van der Waals surface area contributed by atoms with E-state index >= 15 is 0 Å². The van der Waals surface area contributed by atoms with E-state index in [0.717, 1.165) is 34.4 Å². The van der Waals surface area contributed by atoms with Gasteiger partial charge in [-0.05, 0) is 37.1 Å². The Morgan fingerprint density at radius 2 is 1.91 bits per heavy atom. The zero-order chi connectivity index (χ0) is 31.4. The van der Waals surface area contributed by atoms with Crippen LogP contribution in [0.15, 0.2) is 73.3 Å². The summed E-state index contributed by atoms with van der Waals surface area (Å²) in [6.45, 7) is 1.74. The van der Waals surface area contributed by atoms with Gasteiger partial charge in [0.15, 0.2) is 5.65 Å². The maximum absolute atomic E-state index is 14.1. The number of pyridine rings is 1. The number of para-hydroxylation sites is 1. The summed E-state index contributed by atoms with van der Waals surface area (Å²) in [7, 11) is 3.33. The number of halogens is 1. The van der Waals surface area contributed by atoms with Gasteiger partial charge in [0.2, 0.25) is 5.91 Å². The van der Waals surface area contributed by atoms with Gasteiger partial charge >= 0.3 is 0 Å². The Morgan fingerprint density at radius 1 is 1.02 bits per heavy atom. The number of aromatic nitrogens is 7. The summed E-state index contributed by atoms with van der Waals surface area (Å²) in [5, 5.41) is 14.6. The topological polar surface area (TPSA) is 119 Å². The quantitative estimate of drug-likeness (QED) is 0.310. The second-order valence-electron chi connectivity index (χ2n) is 11.7. The number of nitrogens with one attached hydrogen (secondary N) is 1. The Bertz CT molecular complexity index is 2110. The molecule has 0 spiro atoms. The van der Waals surface area contributed by atoms with E-state index in [-0.39, 0.29) is 11.9 Å². The van der Waals surface area contributed by atoms with E-state index < -0.39 is 11.9 Å². The number of hydrogen-bond acceptors (Lipinski definition) is 9. The number of fused-ring (bicyclic) bond motifs is 6. The molecule has 4 bridgehead atoms. The van der Waals surface area contributed by atoms with Gasteiger partial charge in [0.1, 0.15) is 41.3 Å². The Balaban J connectivity index is 1.19. The Labute approximate surface area is 263 Å². The number of amides is 1. The molecule has 46 heavy (non-hydrogen) atoms. The van der Waals surface area contributed by atoms with Crippen molar-refractivity contribution in [2.45, 2.75) is 31.5 Å². The highest BCUT2D eigenvalue weighted by atomic mass is 19.1. The summed E-state index contributed by atoms with van der Waals surface area (Å²) >= 11 is 0. The number of carbonyl (C=O) groups is 1. The summed E-state index contributed by atoms with van der Waals surface area (Å²) in [5.41, 5.74) is 3.97. The highest BCUT2D eigenvalue weighted by molar-refractivity contribution is 5.94. The standard InChI is InChI=1S/C33H31FN10O2/c1-41-12-5-13-43-30-20(16-37-43)6-3-7-23(30)25-8-4-9-29(40-25)39-22-15-27(33(41)45)42(18-22)31-24-17-38-44(32(24)36-19-35-31)26-11-10-21(34)14-28(26)46-2/h3-4,6-11,14,16-17,19,22,27H,5,12-13,15,18H2,1-2H3,(H,39,40)/t22-,27-/m0/s1. The van der Waals surface area contributed by atoms with Crippen molar-refractivity contribution in [1.82, 2.24) is 39.4 Å². The molecule has 0 radical (unpaired) electrons. The summed E-state index contributed by atoms with van der Waals surface area (Å²) in [5.74, 6) is 1.24. The maximum atomic E-state index is 14.1. The second-order valence-corrected chi connectivity index (χ2v) is 11.7. The van der Waals surface area contributed by atoms with Crippen LogP contribution in [0.3, 0.4) is 0 Å². The van der Waals surface area contributed by atoms with E-state index in [4.69, 9.17) is 9.72 Å². The lowest BCUT2D eigenvalue weighted by Gasteiger charge is -2.29. The highest BCUT2D eigenvalue weighted by Crippen LogP contribution is 2.35. The van der Waals surface area contributed by atoms with Crippen LogP contribution in [0.2, 0.25) is 0 Å². The minimum Gasteiger partial charge on any atom is -0.494 e. The molecule has 4 aromatic heterocycles. The Kier molecular flexibility index (Phi) is 6.73. The number of benzene rings is 2. The van der Waals surface area contributed by atoms with Crippen molar-refractivity contribution in [2.24, 2.45) is 0 Å². The van der Waals surface area contributed by atoms with Crippen LogP contribution in [0, 0.1) is 5.82 Å². The number of hydrogen-bond donors (Lipinski definition) is 1. The van der Waals surface area contributed by atoms with Gasteiger partial charge < -0.3 is 19.9 Å². The van der Waals surface area contributed by atoms with Crippen LogP contribution in [0.5, 0.6) is 5.75 Å². The van der Waals surface area contributed by atoms with Gasteiger partial charge in [-0.15, -0.1) is 0 Å². The monoisotopic (exact) mass is 618 g/mol. The van der Waals surface area contributed by atoms with Gasteiger partial charge in [-0.3, -0.25) is 9.48 Å². The normalized spacial score (nSPS) is 18.5. The SMILES string of the molecule is COc1cc(F)ccc1-n1ncc2c(N3C[C@@H]4C[C@H]3C(=O)N(C)CCCn3ncc5cccc(c53)-c3cccc(n3)N4)ncnc21. The van der Waals surface area contributed by atoms with Gasteiger partial charge in [0.05, 0.1) is 36.1 Å². The largest absolute Gasteiger partial charge is 0.494 e. The lowest BCUT2D eigenvalue weighted by Crippen LogP contribution is -2.45. The van der Waals surface area contributed by atoms with Crippen LogP contribution in [0.1, 0.15) is 12.8 Å². The van der Waals surface area contributed by atoms with Gasteiger partial charge in [0.25, 0.3) is 0 Å². The van der Waals surface area contributed by atoms with E-state index in [1.165, 1.54) is 25.6 Å². The van der Waals surface area contributed by atoms with Gasteiger partial charge in [-0.1, -0.05) is 24.3 Å². The van der Waals surface area contributed by atoms with Crippen LogP contribution in [-0.2, 0) is 11.3 Å². The zero-order valence-electron chi connectivity index (χ0n) is 25.3. The number of ether oxygens (including phenoxy) is 1. The molecule has 2 atom stereocenters. The molecular weight excluding hydrogens is 587 g/mol. The number of carbonyl (C=O) groups excluding carboxylic acids is 1. The number of likely N-dealkylation sites (N-methyl/N-ethyl adjacent to an activating group) is 1. The first-order valence-electron chi connectivity index (χ1n) is 15.2. The maximum Gasteiger partial charge on any atom is 0.245 e. The molecular formula is C33H31FN10O2. The first-order valence-corrected chi connectivity index (χ1v) is 15.2. The first kappa shape index (κ1) is 27.9. The minimum atomic E-state index is -0.480. The Morgan fingerprint density at radius 3 is 2.80 bits per heavy atom. The molecule has 6 heterocycles. The van der Waals surface area contributed by atoms with E-state index in [0.29, 0.717) is 54.3 Å². The summed E-state index contributed by atoms with van der Waals surface area (Å²) in [4.78, 5) is 32.2. The van der Waals surface area contributed by atoms with Crippen molar-refractivity contribution < 1.29 is 13.9 Å². The van der Waals surface area contributed by atoms with E-state index in [1.54, 1.807) is 21.8 Å². The molecule has 1 N–H and O–H groups in total. The molecule has 2 aliphatic heterocycles. The average Bonchev–Trinajstić information content (AvgIpc) is 3.81. The predicted molar refractivity (Wildman–Crippen MR) is 172 cm³/mol. The fraction of sp³-hybridized carbons (Fsp3) is 0.273. The molecule has 0 saturated carbocycles. The van der Waals surface area contributed by atoms with Crippen LogP contribution in [0.4, 0.5) is 16.0 Å². The number of nitrogens with zero attached hydrogens (tertiary/aromatic N) is 9. The number of anilines is 2. The third-order valence-corrected chi connectivity index (χ3v) is 8.85. The lowest BCUT2D eigenvalue weighted by atomic mass is 10.1. The summed E-state index contributed by atoms with van der Waals surface area (Å²) in [6, 6.07) is 15.8. The second kappa shape index (κ2) is 11.1. The first-order chi connectivity index (χ1) is 22.5. The molecule has 2 aliphatic rings. The molecule has 1 fully saturated rings. The van der Waals surface area contributed by atoms with Crippen LogP contribution >= 0.6 is 0 Å². The molecule has 6 aromatic rings. The third kappa shape index (κ3) is 4.66. The molecule has 1 saturated heterocycles. The highest BCUT2D eigenvalue weighted by Gasteiger charge is 2.40. The van der Waals surface area contributed by atoms with Crippen LogP contribution in [0.25, 0.3) is 38.9 Å². The smallest absolute Gasteiger partial charge is 0.245 e. The van der Waals surface area contributed by atoms with Crippen molar-refractivity contribution in [3.8, 4) is 22.7 Å². The fourth-order valence-corrected chi connectivity index (χ4v) is 6.69. The minimum absolute atomic E-state index is 0.00579.